The van der Waals surface area contributed by atoms with E-state index in [1.807, 2.05) is 0 Å². The van der Waals surface area contributed by atoms with Gasteiger partial charge in [0.15, 0.2) is 5.38 Å². The predicted molar refractivity (Wildman–Crippen MR) is 54.7 cm³/mol. The Morgan fingerprint density at radius 2 is 1.86 bits per heavy atom. The van der Waals surface area contributed by atoms with Crippen LogP contribution in [0, 0.1) is 0 Å². The topological polar surface area (TPSA) is 49.7 Å². The minimum absolute atomic E-state index is 0.363. The number of hydrogen-bond acceptors (Lipinski definition) is 2. The van der Waals surface area contributed by atoms with Crippen molar-refractivity contribution in [3.8, 4) is 0 Å². The molecule has 0 bridgehead atoms. The number of carbonyl (C=O) groups excluding carboxylic acids is 2. The van der Waals surface area contributed by atoms with E-state index in [4.69, 9.17) is 11.6 Å². The van der Waals surface area contributed by atoms with Gasteiger partial charge in [-0.2, -0.15) is 0 Å². The molecule has 78 valence electrons. The van der Waals surface area contributed by atoms with E-state index in [0.29, 0.717) is 5.71 Å². The number of alkyl halides is 1. The fourth-order valence-corrected chi connectivity index (χ4v) is 1.41. The lowest BCUT2D eigenvalue weighted by atomic mass is 10.0. The van der Waals surface area contributed by atoms with Crippen molar-refractivity contribution in [3.63, 3.8) is 0 Å². The van der Waals surface area contributed by atoms with E-state index >= 15 is 0 Å². The van der Waals surface area contributed by atoms with Crippen molar-refractivity contribution in [2.75, 3.05) is 0 Å². The molecule has 0 radical (unpaired) electrons. The fourth-order valence-electron chi connectivity index (χ4n) is 1.26. The number of nitrogens with zero attached hydrogens (tertiary/aromatic N) is 2. The first kappa shape index (κ1) is 11.2. The molecule has 0 fully saturated rings. The van der Waals surface area contributed by atoms with Crippen LogP contribution in [0.15, 0.2) is 4.99 Å². The van der Waals surface area contributed by atoms with Gasteiger partial charge in [0.2, 0.25) is 0 Å². The van der Waals surface area contributed by atoms with Crippen LogP contribution in [0.4, 0.5) is 4.79 Å². The van der Waals surface area contributed by atoms with Crippen LogP contribution in [-0.2, 0) is 4.79 Å². The number of halogens is 1. The third-order valence-corrected chi connectivity index (χ3v) is 2.44. The summed E-state index contributed by atoms with van der Waals surface area (Å²) in [7, 11) is 0. The average Bonchev–Trinajstić information content (AvgIpc) is 1.97. The SMILES string of the molecule is CC1=NC(=O)N(C(C)(C)C)C(=O)C1Cl. The molecule has 1 rings (SSSR count). The van der Waals surface area contributed by atoms with E-state index in [-0.39, 0.29) is 0 Å². The van der Waals surface area contributed by atoms with Gasteiger partial charge in [-0.25, -0.2) is 9.79 Å². The highest BCUT2D eigenvalue weighted by molar-refractivity contribution is 6.45. The van der Waals surface area contributed by atoms with Crippen molar-refractivity contribution in [3.05, 3.63) is 0 Å². The summed E-state index contributed by atoms with van der Waals surface area (Å²) in [6.07, 6.45) is 0. The van der Waals surface area contributed by atoms with Gasteiger partial charge in [0.25, 0.3) is 5.91 Å². The molecule has 0 saturated carbocycles. The molecule has 0 aromatic heterocycles. The Labute approximate surface area is 87.9 Å². The van der Waals surface area contributed by atoms with Gasteiger partial charge >= 0.3 is 6.03 Å². The lowest BCUT2D eigenvalue weighted by Gasteiger charge is -2.35. The first-order valence-corrected chi connectivity index (χ1v) is 4.76. The number of amides is 3. The number of imide groups is 1. The molecule has 0 N–H and O–H groups in total. The Hall–Kier alpha value is -0.900. The van der Waals surface area contributed by atoms with Crippen LogP contribution < -0.4 is 0 Å². The molecule has 1 aliphatic heterocycles. The molecular weight excluding hydrogens is 204 g/mol. The number of aliphatic imine (C=N–C) groups is 1. The lowest BCUT2D eigenvalue weighted by Crippen LogP contribution is -2.55. The first-order valence-electron chi connectivity index (χ1n) is 4.32. The van der Waals surface area contributed by atoms with Crippen molar-refractivity contribution in [2.24, 2.45) is 4.99 Å². The van der Waals surface area contributed by atoms with Crippen LogP contribution in [0.5, 0.6) is 0 Å². The summed E-state index contributed by atoms with van der Waals surface area (Å²) in [5.41, 5.74) is -0.215. The molecule has 1 unspecified atom stereocenters. The molecular formula is C9H13ClN2O2. The highest BCUT2D eigenvalue weighted by Crippen LogP contribution is 2.22. The maximum atomic E-state index is 11.7. The highest BCUT2D eigenvalue weighted by atomic mass is 35.5. The second kappa shape index (κ2) is 3.35. The van der Waals surface area contributed by atoms with Crippen LogP contribution in [0.1, 0.15) is 27.7 Å². The third kappa shape index (κ3) is 1.80. The van der Waals surface area contributed by atoms with E-state index < -0.39 is 22.9 Å². The van der Waals surface area contributed by atoms with Gasteiger partial charge in [-0.15, -0.1) is 11.6 Å². The number of carbonyl (C=O) groups is 2. The van der Waals surface area contributed by atoms with Crippen molar-refractivity contribution >= 4 is 29.3 Å². The lowest BCUT2D eigenvalue weighted by molar-refractivity contribution is -0.130. The van der Waals surface area contributed by atoms with Gasteiger partial charge in [-0.3, -0.25) is 9.69 Å². The largest absolute Gasteiger partial charge is 0.350 e. The highest BCUT2D eigenvalue weighted by Gasteiger charge is 2.40. The van der Waals surface area contributed by atoms with E-state index in [2.05, 4.69) is 4.99 Å². The normalized spacial score (nSPS) is 23.9. The van der Waals surface area contributed by atoms with Gasteiger partial charge in [0, 0.05) is 11.3 Å². The summed E-state index contributed by atoms with van der Waals surface area (Å²) >= 11 is 5.81. The maximum Gasteiger partial charge on any atom is 0.350 e. The molecule has 0 aromatic rings. The fraction of sp³-hybridized carbons (Fsp3) is 0.667. The molecule has 14 heavy (non-hydrogen) atoms. The van der Waals surface area contributed by atoms with Gasteiger partial charge < -0.3 is 0 Å². The van der Waals surface area contributed by atoms with Gasteiger partial charge in [0.1, 0.15) is 0 Å². The predicted octanol–water partition coefficient (Wildman–Crippen LogP) is 1.82. The summed E-state index contributed by atoms with van der Waals surface area (Å²) in [5.74, 6) is -0.392. The van der Waals surface area contributed by atoms with E-state index in [0.717, 1.165) is 4.90 Å². The Kier molecular flexibility index (Phi) is 2.67. The zero-order valence-corrected chi connectivity index (χ0v) is 9.42. The molecule has 1 atom stereocenters. The Morgan fingerprint density at radius 3 is 2.29 bits per heavy atom. The standard InChI is InChI=1S/C9H13ClN2O2/c1-5-6(10)7(13)12(8(14)11-5)9(2,3)4/h6H,1-4H3. The molecule has 0 saturated heterocycles. The maximum absolute atomic E-state index is 11.7. The summed E-state index contributed by atoms with van der Waals surface area (Å²) in [6.45, 7) is 6.88. The van der Waals surface area contributed by atoms with Gasteiger partial charge in [0.05, 0.1) is 0 Å². The van der Waals surface area contributed by atoms with E-state index in [9.17, 15) is 9.59 Å². The molecule has 0 aliphatic carbocycles. The zero-order chi connectivity index (χ0) is 11.1. The van der Waals surface area contributed by atoms with Gasteiger partial charge in [-0.05, 0) is 27.7 Å². The molecule has 5 heteroatoms. The first-order chi connectivity index (χ1) is 6.25. The van der Waals surface area contributed by atoms with Gasteiger partial charge in [-0.1, -0.05) is 0 Å². The zero-order valence-electron chi connectivity index (χ0n) is 8.67. The molecule has 0 spiro atoms. The second-order valence-corrected chi connectivity index (χ2v) is 4.68. The van der Waals surface area contributed by atoms with Crippen molar-refractivity contribution in [1.82, 2.24) is 4.90 Å². The van der Waals surface area contributed by atoms with Crippen LogP contribution in [0.2, 0.25) is 0 Å². The van der Waals surface area contributed by atoms with Crippen molar-refractivity contribution < 1.29 is 9.59 Å². The summed E-state index contributed by atoms with van der Waals surface area (Å²) in [6, 6.07) is -0.531. The summed E-state index contributed by atoms with van der Waals surface area (Å²) in [5, 5.41) is -0.813. The summed E-state index contributed by atoms with van der Waals surface area (Å²) in [4.78, 5) is 28.0. The summed E-state index contributed by atoms with van der Waals surface area (Å²) < 4.78 is 0. The van der Waals surface area contributed by atoms with Crippen LogP contribution in [0.25, 0.3) is 0 Å². The van der Waals surface area contributed by atoms with Crippen LogP contribution in [0.3, 0.4) is 0 Å². The van der Waals surface area contributed by atoms with E-state index in [1.165, 1.54) is 0 Å². The number of rotatable bonds is 0. The molecule has 3 amide bonds. The average molecular weight is 217 g/mol. The molecule has 4 nitrogen and oxygen atoms in total. The quantitative estimate of drug-likeness (QED) is 0.580. The smallest absolute Gasteiger partial charge is 0.272 e. The van der Waals surface area contributed by atoms with E-state index in [1.54, 1.807) is 27.7 Å². The monoisotopic (exact) mass is 216 g/mol. The van der Waals surface area contributed by atoms with Crippen LogP contribution in [-0.4, -0.2) is 33.5 Å². The second-order valence-electron chi connectivity index (χ2n) is 4.24. The van der Waals surface area contributed by atoms with Crippen LogP contribution >= 0.6 is 11.6 Å². The number of urea groups is 1. The minimum Gasteiger partial charge on any atom is -0.272 e. The molecule has 1 aliphatic rings. The minimum atomic E-state index is -0.813. The Balaban J connectivity index is 3.12. The number of hydrogen-bond donors (Lipinski definition) is 0. The Morgan fingerprint density at radius 1 is 1.36 bits per heavy atom. The van der Waals surface area contributed by atoms with Crippen molar-refractivity contribution in [2.45, 2.75) is 38.6 Å². The van der Waals surface area contributed by atoms with Crippen molar-refractivity contribution in [1.29, 1.82) is 0 Å². The third-order valence-electron chi connectivity index (χ3n) is 1.94. The molecule has 1 heterocycles. The molecule has 0 aromatic carbocycles. The Bertz CT molecular complexity index is 317.